The van der Waals surface area contributed by atoms with Crippen molar-refractivity contribution in [3.8, 4) is 0 Å². The third-order valence-electron chi connectivity index (χ3n) is 1.22. The van der Waals surface area contributed by atoms with E-state index in [2.05, 4.69) is 33.1 Å². The fourth-order valence-corrected chi connectivity index (χ4v) is 1.52. The first kappa shape index (κ1) is 11.3. The quantitative estimate of drug-likeness (QED) is 0.456. The zero-order valence-electron chi connectivity index (χ0n) is 7.84. The highest BCUT2D eigenvalue weighted by Crippen LogP contribution is 2.16. The van der Waals surface area contributed by atoms with Crippen LogP contribution in [-0.4, -0.2) is 5.75 Å². The number of hydrogen-bond donors (Lipinski definition) is 0. The van der Waals surface area contributed by atoms with Crippen molar-refractivity contribution in [3.05, 3.63) is 47.9 Å². The SMILES string of the molecule is C=C/C=C(\C=C)SCC=C(C)C. The molecule has 0 saturated heterocycles. The fourth-order valence-electron chi connectivity index (χ4n) is 0.596. The Hall–Kier alpha value is -0.690. The Labute approximate surface area is 79.8 Å². The molecule has 0 radical (unpaired) electrons. The van der Waals surface area contributed by atoms with Crippen LogP contribution in [0.2, 0.25) is 0 Å². The zero-order chi connectivity index (χ0) is 9.40. The first-order valence-corrected chi connectivity index (χ1v) is 4.90. The molecule has 0 N–H and O–H groups in total. The Morgan fingerprint density at radius 3 is 2.42 bits per heavy atom. The van der Waals surface area contributed by atoms with Gasteiger partial charge in [0.15, 0.2) is 0 Å². The molecule has 0 aliphatic heterocycles. The summed E-state index contributed by atoms with van der Waals surface area (Å²) in [5, 5.41) is 0. The maximum absolute atomic E-state index is 3.72. The van der Waals surface area contributed by atoms with Gasteiger partial charge in [0.05, 0.1) is 0 Å². The molecule has 66 valence electrons. The van der Waals surface area contributed by atoms with Crippen molar-refractivity contribution in [2.45, 2.75) is 13.8 Å². The van der Waals surface area contributed by atoms with Gasteiger partial charge in [0.2, 0.25) is 0 Å². The van der Waals surface area contributed by atoms with Crippen molar-refractivity contribution < 1.29 is 0 Å². The average Bonchev–Trinajstić information content (AvgIpc) is 2.02. The van der Waals surface area contributed by atoms with Crippen molar-refractivity contribution in [2.24, 2.45) is 0 Å². The standard InChI is InChI=1S/C11H16S/c1-5-7-11(6-2)12-9-8-10(3)4/h5-8H,1-2,9H2,3-4H3/b11-7+. The summed E-state index contributed by atoms with van der Waals surface area (Å²) in [4.78, 5) is 1.17. The minimum atomic E-state index is 1.01. The van der Waals surface area contributed by atoms with E-state index in [4.69, 9.17) is 0 Å². The van der Waals surface area contributed by atoms with Gasteiger partial charge >= 0.3 is 0 Å². The summed E-state index contributed by atoms with van der Waals surface area (Å²) in [6.45, 7) is 11.6. The molecular formula is C11H16S. The molecule has 1 heteroatoms. The van der Waals surface area contributed by atoms with Gasteiger partial charge < -0.3 is 0 Å². The highest BCUT2D eigenvalue weighted by Gasteiger charge is 1.88. The Morgan fingerprint density at radius 1 is 1.33 bits per heavy atom. The second-order valence-electron chi connectivity index (χ2n) is 2.60. The molecule has 0 aromatic heterocycles. The second-order valence-corrected chi connectivity index (χ2v) is 3.69. The van der Waals surface area contributed by atoms with Gasteiger partial charge in [0, 0.05) is 10.7 Å². The molecular weight excluding hydrogens is 164 g/mol. The topological polar surface area (TPSA) is 0 Å². The van der Waals surface area contributed by atoms with Crippen LogP contribution in [0.1, 0.15) is 13.8 Å². The van der Waals surface area contributed by atoms with Crippen molar-refractivity contribution in [1.29, 1.82) is 0 Å². The largest absolute Gasteiger partial charge is 0.122 e. The number of hydrogen-bond acceptors (Lipinski definition) is 1. The minimum absolute atomic E-state index is 1.01. The van der Waals surface area contributed by atoms with Crippen molar-refractivity contribution >= 4 is 11.8 Å². The van der Waals surface area contributed by atoms with E-state index >= 15 is 0 Å². The Morgan fingerprint density at radius 2 is 2.00 bits per heavy atom. The molecule has 12 heavy (non-hydrogen) atoms. The summed E-state index contributed by atoms with van der Waals surface area (Å²) in [5.41, 5.74) is 1.35. The first-order valence-electron chi connectivity index (χ1n) is 3.92. The normalized spacial score (nSPS) is 10.7. The predicted molar refractivity (Wildman–Crippen MR) is 60.4 cm³/mol. The lowest BCUT2D eigenvalue weighted by atomic mass is 10.3. The number of rotatable bonds is 5. The summed E-state index contributed by atoms with van der Waals surface area (Å²) in [5.74, 6) is 1.01. The average molecular weight is 180 g/mol. The molecule has 0 aliphatic rings. The van der Waals surface area contributed by atoms with E-state index in [0.29, 0.717) is 0 Å². The lowest BCUT2D eigenvalue weighted by Gasteiger charge is -1.97. The van der Waals surface area contributed by atoms with Crippen molar-refractivity contribution in [3.63, 3.8) is 0 Å². The van der Waals surface area contributed by atoms with Crippen molar-refractivity contribution in [1.82, 2.24) is 0 Å². The van der Waals surface area contributed by atoms with Gasteiger partial charge in [-0.2, -0.15) is 0 Å². The molecule has 0 rings (SSSR count). The molecule has 0 amide bonds. The van der Waals surface area contributed by atoms with Crippen LogP contribution in [0.4, 0.5) is 0 Å². The maximum atomic E-state index is 3.72. The van der Waals surface area contributed by atoms with Gasteiger partial charge in [-0.3, -0.25) is 0 Å². The second kappa shape index (κ2) is 6.99. The summed E-state index contributed by atoms with van der Waals surface area (Å²) in [6, 6.07) is 0. The highest BCUT2D eigenvalue weighted by atomic mass is 32.2. The van der Waals surface area contributed by atoms with Crippen LogP contribution in [0.3, 0.4) is 0 Å². The molecule has 0 aromatic rings. The van der Waals surface area contributed by atoms with Crippen LogP contribution < -0.4 is 0 Å². The first-order chi connectivity index (χ1) is 5.70. The molecule has 0 nitrogen and oxygen atoms in total. The van der Waals surface area contributed by atoms with E-state index < -0.39 is 0 Å². The third kappa shape index (κ3) is 6.05. The molecule has 0 aliphatic carbocycles. The summed E-state index contributed by atoms with van der Waals surface area (Å²) in [6.07, 6.45) is 7.80. The summed E-state index contributed by atoms with van der Waals surface area (Å²) >= 11 is 1.77. The van der Waals surface area contributed by atoms with E-state index in [9.17, 15) is 0 Å². The third-order valence-corrected chi connectivity index (χ3v) is 2.19. The molecule has 0 aromatic carbocycles. The molecule has 0 unspecified atom stereocenters. The van der Waals surface area contributed by atoms with Crippen LogP contribution in [0.5, 0.6) is 0 Å². The smallest absolute Gasteiger partial charge is 0.0163 e. The Kier molecular flexibility index (Phi) is 6.58. The zero-order valence-corrected chi connectivity index (χ0v) is 8.66. The number of allylic oxidation sites excluding steroid dienone is 4. The van der Waals surface area contributed by atoms with Gasteiger partial charge in [-0.1, -0.05) is 37.0 Å². The van der Waals surface area contributed by atoms with E-state index in [1.807, 2.05) is 12.2 Å². The molecule has 0 bridgehead atoms. The lowest BCUT2D eigenvalue weighted by molar-refractivity contribution is 1.37. The summed E-state index contributed by atoms with van der Waals surface area (Å²) in [7, 11) is 0. The number of thioether (sulfide) groups is 1. The Bertz CT molecular complexity index is 205. The fraction of sp³-hybridized carbons (Fsp3) is 0.273. The molecule has 0 spiro atoms. The Balaban J connectivity index is 3.89. The van der Waals surface area contributed by atoms with Crippen LogP contribution >= 0.6 is 11.8 Å². The van der Waals surface area contributed by atoms with Crippen LogP contribution in [0.15, 0.2) is 47.9 Å². The molecule has 0 heterocycles. The van der Waals surface area contributed by atoms with E-state index in [-0.39, 0.29) is 0 Å². The van der Waals surface area contributed by atoms with Crippen LogP contribution in [0.25, 0.3) is 0 Å². The van der Waals surface area contributed by atoms with Gasteiger partial charge in [0.1, 0.15) is 0 Å². The maximum Gasteiger partial charge on any atom is 0.0163 e. The molecule has 0 fully saturated rings. The van der Waals surface area contributed by atoms with E-state index in [1.165, 1.54) is 10.5 Å². The van der Waals surface area contributed by atoms with Crippen molar-refractivity contribution in [2.75, 3.05) is 5.75 Å². The molecule has 0 atom stereocenters. The van der Waals surface area contributed by atoms with Gasteiger partial charge in [-0.05, 0) is 19.9 Å². The van der Waals surface area contributed by atoms with Crippen LogP contribution in [-0.2, 0) is 0 Å². The predicted octanol–water partition coefficient (Wildman–Crippen LogP) is 3.94. The monoisotopic (exact) mass is 180 g/mol. The highest BCUT2D eigenvalue weighted by molar-refractivity contribution is 8.03. The van der Waals surface area contributed by atoms with Crippen LogP contribution in [0, 0.1) is 0 Å². The van der Waals surface area contributed by atoms with E-state index in [0.717, 1.165) is 5.75 Å². The van der Waals surface area contributed by atoms with Gasteiger partial charge in [-0.25, -0.2) is 0 Å². The van der Waals surface area contributed by atoms with Gasteiger partial charge in [-0.15, -0.1) is 11.8 Å². The lowest BCUT2D eigenvalue weighted by Crippen LogP contribution is -1.74. The van der Waals surface area contributed by atoms with Gasteiger partial charge in [0.25, 0.3) is 0 Å². The molecule has 0 saturated carbocycles. The summed E-state index contributed by atoms with van der Waals surface area (Å²) < 4.78 is 0. The van der Waals surface area contributed by atoms with E-state index in [1.54, 1.807) is 17.8 Å². The minimum Gasteiger partial charge on any atom is -0.122 e.